The summed E-state index contributed by atoms with van der Waals surface area (Å²) in [6.45, 7) is 13.0. The number of aromatic nitrogens is 2. The van der Waals surface area contributed by atoms with Crippen molar-refractivity contribution in [2.24, 2.45) is 0 Å². The molecule has 0 bridgehead atoms. The lowest BCUT2D eigenvalue weighted by atomic mass is 9.79. The Morgan fingerprint density at radius 3 is 2.45 bits per heavy atom. The third kappa shape index (κ3) is 3.34. The zero-order valence-electron chi connectivity index (χ0n) is 19.0. The molecule has 0 atom stereocenters. The Morgan fingerprint density at radius 2 is 1.81 bits per heavy atom. The van der Waals surface area contributed by atoms with Crippen LogP contribution in [0.4, 0.5) is 5.82 Å². The molecule has 1 saturated carbocycles. The molecule has 2 fully saturated rings. The number of aryl methyl sites for hydroxylation is 1. The fourth-order valence-electron chi connectivity index (χ4n) is 4.05. The minimum absolute atomic E-state index is 0.0197. The second kappa shape index (κ2) is 6.56. The van der Waals surface area contributed by atoms with Crippen LogP contribution in [0.2, 0.25) is 0 Å². The van der Waals surface area contributed by atoms with Crippen molar-refractivity contribution in [2.45, 2.75) is 71.1 Å². The monoisotopic (exact) mass is 424 g/mol. The minimum atomic E-state index is -0.444. The number of furan rings is 1. The molecule has 1 saturated heterocycles. The molecular weight excluding hydrogens is 395 g/mol. The van der Waals surface area contributed by atoms with E-state index >= 15 is 0 Å². The summed E-state index contributed by atoms with van der Waals surface area (Å²) in [4.78, 5) is 24.0. The second-order valence-corrected chi connectivity index (χ2v) is 10.2. The highest BCUT2D eigenvalue weighted by Gasteiger charge is 2.53. The van der Waals surface area contributed by atoms with Crippen LogP contribution in [0.3, 0.4) is 0 Å². The first-order valence-corrected chi connectivity index (χ1v) is 10.9. The molecule has 9 heteroatoms. The Morgan fingerprint density at radius 1 is 1.13 bits per heavy atom. The Bertz CT molecular complexity index is 1090. The number of carbonyl (C=O) groups excluding carboxylic acids is 1. The summed E-state index contributed by atoms with van der Waals surface area (Å²) in [6, 6.07) is 0. The highest BCUT2D eigenvalue weighted by Crippen LogP contribution is 2.41. The van der Waals surface area contributed by atoms with Gasteiger partial charge in [-0.2, -0.15) is 0 Å². The van der Waals surface area contributed by atoms with Crippen molar-refractivity contribution in [1.29, 1.82) is 0 Å². The minimum Gasteiger partial charge on any atom is -0.442 e. The van der Waals surface area contributed by atoms with Gasteiger partial charge in [-0.25, -0.2) is 9.97 Å². The van der Waals surface area contributed by atoms with E-state index in [4.69, 9.17) is 13.7 Å². The van der Waals surface area contributed by atoms with E-state index < -0.39 is 18.3 Å². The lowest BCUT2D eigenvalue weighted by molar-refractivity contribution is 0.00578. The number of rotatable bonds is 4. The molecule has 5 rings (SSSR count). The fraction of sp³-hybridized carbons (Fsp3) is 0.591. The van der Waals surface area contributed by atoms with Gasteiger partial charge in [0.15, 0.2) is 0 Å². The van der Waals surface area contributed by atoms with Gasteiger partial charge >= 0.3 is 7.12 Å². The number of hydrogen-bond donors (Lipinski definition) is 1. The van der Waals surface area contributed by atoms with E-state index in [9.17, 15) is 4.79 Å². The SMILES string of the molecule is Cc1oc2ncnc(NC3(C)CC3)c2c1C(=O)N1CC=C(B2OC(C)(C)C(C)(C)O2)C1. The average Bonchev–Trinajstić information content (AvgIpc) is 3.04. The van der Waals surface area contributed by atoms with Crippen molar-refractivity contribution in [1.82, 2.24) is 14.9 Å². The Labute approximate surface area is 182 Å². The van der Waals surface area contributed by atoms with Gasteiger partial charge in [-0.1, -0.05) is 6.08 Å². The van der Waals surface area contributed by atoms with Crippen molar-refractivity contribution >= 4 is 29.9 Å². The maximum absolute atomic E-state index is 13.6. The third-order valence-corrected chi connectivity index (χ3v) is 7.09. The molecular formula is C22H29BN4O4. The quantitative estimate of drug-likeness (QED) is 0.752. The molecule has 31 heavy (non-hydrogen) atoms. The predicted molar refractivity (Wildman–Crippen MR) is 118 cm³/mol. The Balaban J connectivity index is 1.40. The van der Waals surface area contributed by atoms with E-state index in [1.54, 1.807) is 11.8 Å². The van der Waals surface area contributed by atoms with Crippen LogP contribution >= 0.6 is 0 Å². The summed E-state index contributed by atoms with van der Waals surface area (Å²) in [5.41, 5.74) is 1.12. The zero-order chi connectivity index (χ0) is 22.2. The molecule has 2 aliphatic heterocycles. The van der Waals surface area contributed by atoms with Gasteiger partial charge in [0.25, 0.3) is 5.91 Å². The largest absolute Gasteiger partial charge is 0.492 e. The molecule has 4 heterocycles. The second-order valence-electron chi connectivity index (χ2n) is 10.2. The molecule has 164 valence electrons. The van der Waals surface area contributed by atoms with Crippen LogP contribution in [-0.2, 0) is 9.31 Å². The highest BCUT2D eigenvalue weighted by atomic mass is 16.7. The van der Waals surface area contributed by atoms with Crippen molar-refractivity contribution in [3.63, 3.8) is 0 Å². The van der Waals surface area contributed by atoms with Gasteiger partial charge in [-0.3, -0.25) is 4.79 Å². The van der Waals surface area contributed by atoms with Crippen molar-refractivity contribution < 1.29 is 18.5 Å². The first-order valence-electron chi connectivity index (χ1n) is 10.9. The van der Waals surface area contributed by atoms with E-state index in [1.165, 1.54) is 6.33 Å². The number of amides is 1. The molecule has 3 aliphatic rings. The van der Waals surface area contributed by atoms with Gasteiger partial charge in [0.2, 0.25) is 5.71 Å². The summed E-state index contributed by atoms with van der Waals surface area (Å²) in [7, 11) is -0.444. The van der Waals surface area contributed by atoms with E-state index in [-0.39, 0.29) is 11.4 Å². The normalized spacial score (nSPS) is 23.4. The van der Waals surface area contributed by atoms with E-state index in [1.807, 2.05) is 33.8 Å². The Hall–Kier alpha value is -2.39. The number of carbonyl (C=O) groups is 1. The molecule has 1 aliphatic carbocycles. The number of nitrogens with one attached hydrogen (secondary N) is 1. The summed E-state index contributed by atoms with van der Waals surface area (Å²) < 4.78 is 18.2. The van der Waals surface area contributed by atoms with Gasteiger partial charge < -0.3 is 23.9 Å². The molecule has 0 unspecified atom stereocenters. The van der Waals surface area contributed by atoms with Gasteiger partial charge in [0.1, 0.15) is 17.9 Å². The molecule has 0 radical (unpaired) electrons. The van der Waals surface area contributed by atoms with Crippen LogP contribution in [0, 0.1) is 6.92 Å². The standard InChI is InChI=1S/C22H29BN4O4/c1-13-15(16-17(26-22(6)8-9-22)24-12-25-18(16)29-13)19(28)27-10-7-14(11-27)23-30-20(2,3)21(4,5)31-23/h7,12H,8-11H2,1-6H3,(H,24,25,26). The topological polar surface area (TPSA) is 89.7 Å². The van der Waals surface area contributed by atoms with E-state index in [0.717, 1.165) is 18.3 Å². The number of hydrogen-bond acceptors (Lipinski definition) is 7. The predicted octanol–water partition coefficient (Wildman–Crippen LogP) is 3.51. The zero-order valence-corrected chi connectivity index (χ0v) is 19.0. The number of anilines is 1. The van der Waals surface area contributed by atoms with Gasteiger partial charge in [0.05, 0.1) is 22.2 Å². The molecule has 1 amide bonds. The summed E-state index contributed by atoms with van der Waals surface area (Å²) >= 11 is 0. The highest BCUT2D eigenvalue weighted by molar-refractivity contribution is 6.55. The first-order chi connectivity index (χ1) is 14.5. The lowest BCUT2D eigenvalue weighted by Crippen LogP contribution is -2.41. The van der Waals surface area contributed by atoms with Crippen LogP contribution in [-0.4, -0.2) is 57.7 Å². The van der Waals surface area contributed by atoms with Gasteiger partial charge in [-0.15, -0.1) is 0 Å². The van der Waals surface area contributed by atoms with Crippen LogP contribution < -0.4 is 5.32 Å². The van der Waals surface area contributed by atoms with Crippen LogP contribution in [0.15, 0.2) is 22.3 Å². The van der Waals surface area contributed by atoms with Crippen LogP contribution in [0.25, 0.3) is 11.1 Å². The lowest BCUT2D eigenvalue weighted by Gasteiger charge is -2.32. The maximum atomic E-state index is 13.6. The van der Waals surface area contributed by atoms with Crippen molar-refractivity contribution in [3.8, 4) is 0 Å². The molecule has 2 aromatic heterocycles. The first kappa shape index (κ1) is 20.5. The van der Waals surface area contributed by atoms with Crippen molar-refractivity contribution in [3.05, 3.63) is 29.2 Å². The number of fused-ring (bicyclic) bond motifs is 1. The van der Waals surface area contributed by atoms with E-state index in [2.05, 4.69) is 22.2 Å². The van der Waals surface area contributed by atoms with Crippen LogP contribution in [0.1, 0.15) is 63.6 Å². The fourth-order valence-corrected chi connectivity index (χ4v) is 4.05. The molecule has 1 N–H and O–H groups in total. The summed E-state index contributed by atoms with van der Waals surface area (Å²) in [6.07, 6.45) is 5.65. The van der Waals surface area contributed by atoms with Gasteiger partial charge in [0, 0.05) is 18.6 Å². The smallest absolute Gasteiger partial charge is 0.442 e. The molecule has 2 aromatic rings. The van der Waals surface area contributed by atoms with Crippen LogP contribution in [0.5, 0.6) is 0 Å². The summed E-state index contributed by atoms with van der Waals surface area (Å²) in [5, 5.41) is 4.13. The Kier molecular flexibility index (Phi) is 4.34. The molecule has 8 nitrogen and oxygen atoms in total. The van der Waals surface area contributed by atoms with Crippen molar-refractivity contribution in [2.75, 3.05) is 18.4 Å². The molecule has 0 aromatic carbocycles. The van der Waals surface area contributed by atoms with Gasteiger partial charge in [-0.05, 0) is 59.9 Å². The van der Waals surface area contributed by atoms with E-state index in [0.29, 0.717) is 41.3 Å². The maximum Gasteiger partial charge on any atom is 0.492 e. The third-order valence-electron chi connectivity index (χ3n) is 7.09. The average molecular weight is 424 g/mol. The molecule has 0 spiro atoms. The number of nitrogens with zero attached hydrogens (tertiary/aromatic N) is 3. The summed E-state index contributed by atoms with van der Waals surface area (Å²) in [5.74, 6) is 1.11.